The molecule has 0 aliphatic carbocycles. The molecule has 0 saturated heterocycles. The number of hydrogen-bond acceptors (Lipinski definition) is 5. The molecule has 0 amide bonds. The molecule has 2 unspecified atom stereocenters. The second-order valence-electron chi connectivity index (χ2n) is 4.67. The molecule has 6 nitrogen and oxygen atoms in total. The minimum absolute atomic E-state index is 0.723. The van der Waals surface area contributed by atoms with Gasteiger partial charge in [-0.15, -0.1) is 0 Å². The molecule has 0 aromatic carbocycles. The predicted molar refractivity (Wildman–Crippen MR) is 76.5 cm³/mol. The lowest BCUT2D eigenvalue weighted by Crippen LogP contribution is -2.36. The van der Waals surface area contributed by atoms with Gasteiger partial charge in [0.25, 0.3) is 0 Å². The van der Waals surface area contributed by atoms with Gasteiger partial charge < -0.3 is 14.6 Å². The third kappa shape index (κ3) is 6.92. The highest BCUT2D eigenvalue weighted by molar-refractivity contribution is 5.99. The summed E-state index contributed by atoms with van der Waals surface area (Å²) in [5.41, 5.74) is 0. The Morgan fingerprint density at radius 2 is 1.67 bits per heavy atom. The van der Waals surface area contributed by atoms with Gasteiger partial charge in [0.1, 0.15) is 0 Å². The molecule has 0 saturated carbocycles. The summed E-state index contributed by atoms with van der Waals surface area (Å²) < 4.78 is 9.02. The van der Waals surface area contributed by atoms with Crippen LogP contribution in [0, 0.1) is 11.8 Å². The summed E-state index contributed by atoms with van der Waals surface area (Å²) in [4.78, 5) is 34.4. The summed E-state index contributed by atoms with van der Waals surface area (Å²) >= 11 is 0. The molecule has 1 N–H and O–H groups in total. The van der Waals surface area contributed by atoms with Gasteiger partial charge in [-0.1, -0.05) is 38.3 Å². The second kappa shape index (κ2) is 10.9. The van der Waals surface area contributed by atoms with Crippen molar-refractivity contribution in [2.45, 2.75) is 39.0 Å². The van der Waals surface area contributed by atoms with Crippen LogP contribution >= 0.6 is 0 Å². The molecule has 0 fully saturated rings. The second-order valence-corrected chi connectivity index (χ2v) is 4.67. The molecule has 0 heterocycles. The van der Waals surface area contributed by atoms with Crippen LogP contribution in [0.2, 0.25) is 0 Å². The Kier molecular flexibility index (Phi) is 9.92. The fourth-order valence-electron chi connectivity index (χ4n) is 1.92. The standard InChI is InChI=1S/C15H24O6/c1-4-5-6-7-8-9-10-11(14(18)20-2)12(13(16)17)15(19)21-3/h9-12H,4-8H2,1-3H3,(H,16,17)/b10-9-. The van der Waals surface area contributed by atoms with Crippen LogP contribution in [0.25, 0.3) is 0 Å². The molecule has 0 aliphatic heterocycles. The van der Waals surface area contributed by atoms with Gasteiger partial charge in [0.15, 0.2) is 5.92 Å². The molecule has 0 aliphatic rings. The Morgan fingerprint density at radius 3 is 2.14 bits per heavy atom. The number of methoxy groups -OCH3 is 2. The average molecular weight is 300 g/mol. The van der Waals surface area contributed by atoms with Crippen LogP contribution in [0.5, 0.6) is 0 Å². The molecule has 0 radical (unpaired) electrons. The van der Waals surface area contributed by atoms with Crippen molar-refractivity contribution in [3.05, 3.63) is 12.2 Å². The van der Waals surface area contributed by atoms with E-state index in [1.165, 1.54) is 6.08 Å². The maximum atomic E-state index is 11.7. The lowest BCUT2D eigenvalue weighted by molar-refractivity contribution is -0.165. The lowest BCUT2D eigenvalue weighted by atomic mass is 9.91. The van der Waals surface area contributed by atoms with Crippen molar-refractivity contribution in [3.63, 3.8) is 0 Å². The molecule has 0 rings (SSSR count). The monoisotopic (exact) mass is 300 g/mol. The number of esters is 2. The number of unbranched alkanes of at least 4 members (excludes halogenated alkanes) is 4. The molecule has 0 aromatic rings. The summed E-state index contributed by atoms with van der Waals surface area (Å²) in [6.45, 7) is 2.11. The zero-order valence-corrected chi connectivity index (χ0v) is 12.8. The number of aliphatic carboxylic acids is 1. The van der Waals surface area contributed by atoms with Gasteiger partial charge in [-0.05, 0) is 12.8 Å². The van der Waals surface area contributed by atoms with Crippen LogP contribution in [0.15, 0.2) is 12.2 Å². The van der Waals surface area contributed by atoms with Crippen molar-refractivity contribution >= 4 is 17.9 Å². The van der Waals surface area contributed by atoms with Gasteiger partial charge in [-0.25, -0.2) is 0 Å². The van der Waals surface area contributed by atoms with Crippen molar-refractivity contribution in [3.8, 4) is 0 Å². The highest BCUT2D eigenvalue weighted by atomic mass is 16.5. The SMILES string of the molecule is CCCCCC/C=C\C(C(=O)OC)C(C(=O)O)C(=O)OC. The van der Waals surface area contributed by atoms with E-state index in [1.54, 1.807) is 6.08 Å². The Labute approximate surface area is 125 Å². The van der Waals surface area contributed by atoms with Crippen LogP contribution in [0.3, 0.4) is 0 Å². The normalized spacial score (nSPS) is 13.7. The Hall–Kier alpha value is -1.85. The fourth-order valence-corrected chi connectivity index (χ4v) is 1.92. The first kappa shape index (κ1) is 19.1. The zero-order chi connectivity index (χ0) is 16.3. The van der Waals surface area contributed by atoms with Crippen molar-refractivity contribution in [2.24, 2.45) is 11.8 Å². The number of carboxylic acids is 1. The summed E-state index contributed by atoms with van der Waals surface area (Å²) in [6.07, 6.45) is 8.15. The lowest BCUT2D eigenvalue weighted by Gasteiger charge is -2.16. The largest absolute Gasteiger partial charge is 0.481 e. The van der Waals surface area contributed by atoms with Gasteiger partial charge in [-0.3, -0.25) is 14.4 Å². The third-order valence-electron chi connectivity index (χ3n) is 3.12. The average Bonchev–Trinajstić information content (AvgIpc) is 2.47. The van der Waals surface area contributed by atoms with E-state index < -0.39 is 29.7 Å². The van der Waals surface area contributed by atoms with E-state index in [-0.39, 0.29) is 0 Å². The fraction of sp³-hybridized carbons (Fsp3) is 0.667. The predicted octanol–water partition coefficient (Wildman–Crippen LogP) is 2.18. The summed E-state index contributed by atoms with van der Waals surface area (Å²) in [6, 6.07) is 0. The Bertz CT molecular complexity index is 374. The number of carbonyl (C=O) groups is 3. The molecular weight excluding hydrogens is 276 g/mol. The maximum absolute atomic E-state index is 11.7. The van der Waals surface area contributed by atoms with Crippen molar-refractivity contribution in [2.75, 3.05) is 14.2 Å². The van der Waals surface area contributed by atoms with Crippen molar-refractivity contribution in [1.82, 2.24) is 0 Å². The van der Waals surface area contributed by atoms with Crippen LogP contribution in [0.4, 0.5) is 0 Å². The van der Waals surface area contributed by atoms with Gasteiger partial charge in [0.2, 0.25) is 0 Å². The molecule has 21 heavy (non-hydrogen) atoms. The van der Waals surface area contributed by atoms with Crippen LogP contribution in [-0.4, -0.2) is 37.2 Å². The number of hydrogen-bond donors (Lipinski definition) is 1. The maximum Gasteiger partial charge on any atom is 0.321 e. The summed E-state index contributed by atoms with van der Waals surface area (Å²) in [7, 11) is 2.24. The third-order valence-corrected chi connectivity index (χ3v) is 3.12. The first-order chi connectivity index (χ1) is 9.99. The number of allylic oxidation sites excluding steroid dienone is 1. The van der Waals surface area contributed by atoms with Crippen LogP contribution in [0.1, 0.15) is 39.0 Å². The number of carbonyl (C=O) groups excluding carboxylic acids is 2. The van der Waals surface area contributed by atoms with E-state index in [1.807, 2.05) is 0 Å². The highest BCUT2D eigenvalue weighted by Gasteiger charge is 2.39. The molecule has 2 atom stereocenters. The topological polar surface area (TPSA) is 89.9 Å². The van der Waals surface area contributed by atoms with E-state index in [9.17, 15) is 14.4 Å². The number of ether oxygens (including phenoxy) is 2. The molecular formula is C15H24O6. The Morgan fingerprint density at radius 1 is 1.05 bits per heavy atom. The minimum atomic E-state index is -1.59. The van der Waals surface area contributed by atoms with E-state index in [2.05, 4.69) is 16.4 Å². The van der Waals surface area contributed by atoms with Crippen LogP contribution in [-0.2, 0) is 23.9 Å². The molecule has 6 heteroatoms. The minimum Gasteiger partial charge on any atom is -0.481 e. The van der Waals surface area contributed by atoms with Gasteiger partial charge >= 0.3 is 17.9 Å². The van der Waals surface area contributed by atoms with Crippen molar-refractivity contribution in [1.29, 1.82) is 0 Å². The molecule has 0 bridgehead atoms. The van der Waals surface area contributed by atoms with E-state index >= 15 is 0 Å². The highest BCUT2D eigenvalue weighted by Crippen LogP contribution is 2.19. The van der Waals surface area contributed by atoms with Crippen LogP contribution < -0.4 is 0 Å². The quantitative estimate of drug-likeness (QED) is 0.288. The van der Waals surface area contributed by atoms with Gasteiger partial charge in [-0.2, -0.15) is 0 Å². The van der Waals surface area contributed by atoms with Gasteiger partial charge in [0.05, 0.1) is 20.1 Å². The number of carboxylic acid groups (broad SMARTS) is 1. The van der Waals surface area contributed by atoms with Crippen molar-refractivity contribution < 1.29 is 29.0 Å². The van der Waals surface area contributed by atoms with E-state index in [4.69, 9.17) is 5.11 Å². The Balaban J connectivity index is 4.85. The first-order valence-electron chi connectivity index (χ1n) is 7.04. The van der Waals surface area contributed by atoms with E-state index in [0.29, 0.717) is 0 Å². The van der Waals surface area contributed by atoms with Gasteiger partial charge in [0, 0.05) is 0 Å². The summed E-state index contributed by atoms with van der Waals surface area (Å²) in [5.74, 6) is -5.90. The molecule has 0 spiro atoms. The first-order valence-corrected chi connectivity index (χ1v) is 7.04. The summed E-state index contributed by atoms with van der Waals surface area (Å²) in [5, 5.41) is 9.12. The zero-order valence-electron chi connectivity index (χ0n) is 12.8. The molecule has 120 valence electrons. The molecule has 0 aromatic heterocycles. The van der Waals surface area contributed by atoms with E-state index in [0.717, 1.165) is 46.3 Å². The smallest absolute Gasteiger partial charge is 0.321 e. The number of rotatable bonds is 10.